The topological polar surface area (TPSA) is 67.2 Å². The molecule has 1 N–H and O–H groups in total. The van der Waals surface area contributed by atoms with Crippen LogP contribution in [0.2, 0.25) is 0 Å². The second kappa shape index (κ2) is 9.43. The molecule has 4 rings (SSSR count). The van der Waals surface area contributed by atoms with E-state index >= 15 is 0 Å². The van der Waals surface area contributed by atoms with Crippen molar-refractivity contribution in [1.29, 1.82) is 0 Å². The number of hydrogen-bond acceptors (Lipinski definition) is 4. The summed E-state index contributed by atoms with van der Waals surface area (Å²) in [6.07, 6.45) is 4.97. The zero-order chi connectivity index (χ0) is 21.8. The van der Waals surface area contributed by atoms with Gasteiger partial charge in [-0.25, -0.2) is 4.98 Å². The molecule has 0 saturated carbocycles. The van der Waals surface area contributed by atoms with Crippen LogP contribution in [-0.4, -0.2) is 40.5 Å². The van der Waals surface area contributed by atoms with Crippen molar-refractivity contribution in [1.82, 2.24) is 14.5 Å². The average Bonchev–Trinajstić information content (AvgIpc) is 2.76. The number of anilines is 1. The Morgan fingerprint density at radius 3 is 2.71 bits per heavy atom. The summed E-state index contributed by atoms with van der Waals surface area (Å²) in [7, 11) is 2.20. The molecule has 2 heterocycles. The minimum absolute atomic E-state index is 0.0631. The van der Waals surface area contributed by atoms with E-state index in [1.54, 1.807) is 18.2 Å². The first-order valence-electron chi connectivity index (χ1n) is 11.0. The van der Waals surface area contributed by atoms with Crippen LogP contribution in [0.25, 0.3) is 10.9 Å². The minimum atomic E-state index is -0.243. The Morgan fingerprint density at radius 1 is 1.16 bits per heavy atom. The van der Waals surface area contributed by atoms with Crippen LogP contribution in [0.3, 0.4) is 0 Å². The zero-order valence-corrected chi connectivity index (χ0v) is 18.3. The highest BCUT2D eigenvalue weighted by Gasteiger charge is 2.23. The molecule has 31 heavy (non-hydrogen) atoms. The van der Waals surface area contributed by atoms with Gasteiger partial charge < -0.3 is 10.2 Å². The number of hydrogen-bond donors (Lipinski definition) is 1. The van der Waals surface area contributed by atoms with Gasteiger partial charge in [-0.3, -0.25) is 14.2 Å². The van der Waals surface area contributed by atoms with Gasteiger partial charge in [0.2, 0.25) is 5.91 Å². The fourth-order valence-electron chi connectivity index (χ4n) is 4.51. The van der Waals surface area contributed by atoms with Crippen molar-refractivity contribution in [3.05, 3.63) is 70.8 Å². The Kier molecular flexibility index (Phi) is 6.47. The molecule has 2 aromatic carbocycles. The summed E-state index contributed by atoms with van der Waals surface area (Å²) in [6, 6.07) is 15.2. The number of benzene rings is 2. The van der Waals surface area contributed by atoms with Gasteiger partial charge in [0.15, 0.2) is 0 Å². The van der Waals surface area contributed by atoms with Gasteiger partial charge in [-0.05, 0) is 74.5 Å². The van der Waals surface area contributed by atoms with Crippen LogP contribution in [0.1, 0.15) is 25.3 Å². The van der Waals surface area contributed by atoms with Crippen molar-refractivity contribution in [2.75, 3.05) is 25.5 Å². The molecule has 6 heteroatoms. The lowest BCUT2D eigenvalue weighted by atomic mass is 9.83. The van der Waals surface area contributed by atoms with Crippen molar-refractivity contribution < 1.29 is 4.79 Å². The number of carbonyl (C=O) groups is 1. The number of carbonyl (C=O) groups excluding carboxylic acids is 1. The van der Waals surface area contributed by atoms with Crippen LogP contribution in [0.4, 0.5) is 5.69 Å². The molecule has 2 atom stereocenters. The highest BCUT2D eigenvalue weighted by Crippen LogP contribution is 2.27. The Labute approximate surface area is 182 Å². The lowest BCUT2D eigenvalue weighted by Gasteiger charge is -2.34. The number of amides is 1. The molecule has 0 radical (unpaired) electrons. The van der Waals surface area contributed by atoms with E-state index in [-0.39, 0.29) is 18.0 Å². The fourth-order valence-corrected chi connectivity index (χ4v) is 4.51. The van der Waals surface area contributed by atoms with Gasteiger partial charge >= 0.3 is 0 Å². The number of fused-ring (bicyclic) bond motifs is 1. The van der Waals surface area contributed by atoms with Crippen molar-refractivity contribution >= 4 is 22.5 Å². The molecule has 162 valence electrons. The molecule has 1 aliphatic rings. The van der Waals surface area contributed by atoms with Gasteiger partial charge in [0.1, 0.15) is 6.54 Å². The number of piperidine rings is 1. The first-order valence-corrected chi connectivity index (χ1v) is 11.0. The summed E-state index contributed by atoms with van der Waals surface area (Å²) in [6.45, 7) is 4.67. The van der Waals surface area contributed by atoms with Crippen LogP contribution in [-0.2, 0) is 17.8 Å². The maximum absolute atomic E-state index is 12.5. The second-order valence-electron chi connectivity index (χ2n) is 8.77. The van der Waals surface area contributed by atoms with Crippen LogP contribution in [0, 0.1) is 11.8 Å². The third-order valence-electron chi connectivity index (χ3n) is 6.37. The van der Waals surface area contributed by atoms with Crippen molar-refractivity contribution in [2.45, 2.75) is 32.7 Å². The first-order chi connectivity index (χ1) is 15.0. The number of aromatic nitrogens is 2. The van der Waals surface area contributed by atoms with E-state index in [1.807, 2.05) is 18.2 Å². The molecule has 1 aromatic heterocycles. The van der Waals surface area contributed by atoms with E-state index in [0.29, 0.717) is 10.9 Å². The quantitative estimate of drug-likeness (QED) is 0.665. The Balaban J connectivity index is 1.32. The maximum Gasteiger partial charge on any atom is 0.261 e. The van der Waals surface area contributed by atoms with Gasteiger partial charge in [-0.15, -0.1) is 0 Å². The van der Waals surface area contributed by atoms with Crippen molar-refractivity contribution in [3.63, 3.8) is 0 Å². The summed E-state index contributed by atoms with van der Waals surface area (Å²) < 4.78 is 1.34. The number of rotatable bonds is 6. The van der Waals surface area contributed by atoms with E-state index in [9.17, 15) is 9.59 Å². The van der Waals surface area contributed by atoms with Gasteiger partial charge in [0.05, 0.1) is 17.2 Å². The molecule has 1 amide bonds. The van der Waals surface area contributed by atoms with Gasteiger partial charge in [-0.2, -0.15) is 0 Å². The number of likely N-dealkylation sites (tertiary alicyclic amines) is 1. The fraction of sp³-hybridized carbons (Fsp3) is 0.400. The van der Waals surface area contributed by atoms with Gasteiger partial charge in [-0.1, -0.05) is 31.2 Å². The molecule has 3 aromatic rings. The molecule has 0 unspecified atom stereocenters. The summed E-state index contributed by atoms with van der Waals surface area (Å²) in [4.78, 5) is 31.7. The number of nitrogens with one attached hydrogen (secondary N) is 1. The van der Waals surface area contributed by atoms with E-state index in [0.717, 1.165) is 23.9 Å². The highest BCUT2D eigenvalue weighted by molar-refractivity contribution is 5.90. The first kappa shape index (κ1) is 21.2. The van der Waals surface area contributed by atoms with E-state index in [2.05, 4.69) is 41.3 Å². The molecule has 1 aliphatic heterocycles. The van der Waals surface area contributed by atoms with Gasteiger partial charge in [0.25, 0.3) is 5.56 Å². The van der Waals surface area contributed by atoms with Crippen LogP contribution < -0.4 is 10.9 Å². The number of nitrogens with zero attached hydrogens (tertiary/aromatic N) is 3. The summed E-state index contributed by atoms with van der Waals surface area (Å²) in [5.74, 6) is 1.28. The van der Waals surface area contributed by atoms with E-state index < -0.39 is 0 Å². The number of para-hydroxylation sites is 1. The normalized spacial score (nSPS) is 19.4. The number of aryl methyl sites for hydroxylation is 1. The Hall–Kier alpha value is -2.99. The maximum atomic E-state index is 12.5. The lowest BCUT2D eigenvalue weighted by molar-refractivity contribution is -0.116. The molecule has 1 fully saturated rings. The summed E-state index contributed by atoms with van der Waals surface area (Å²) >= 11 is 0. The third kappa shape index (κ3) is 5.20. The average molecular weight is 419 g/mol. The van der Waals surface area contributed by atoms with Gasteiger partial charge in [0, 0.05) is 12.2 Å². The van der Waals surface area contributed by atoms with Crippen LogP contribution in [0.5, 0.6) is 0 Å². The zero-order valence-electron chi connectivity index (χ0n) is 18.3. The van der Waals surface area contributed by atoms with Crippen LogP contribution in [0.15, 0.2) is 59.7 Å². The Bertz CT molecular complexity index is 1110. The molecule has 0 spiro atoms. The monoisotopic (exact) mass is 418 g/mol. The Morgan fingerprint density at radius 2 is 1.94 bits per heavy atom. The summed E-state index contributed by atoms with van der Waals surface area (Å²) in [5.41, 5.74) is 2.45. The SMILES string of the molecule is C[C@H]1CN(C)CC[C@H]1CCc1ccc(NC(=O)Cn2cnc3ccccc3c2=O)cc1. The smallest absolute Gasteiger partial charge is 0.261 e. The van der Waals surface area contributed by atoms with E-state index in [4.69, 9.17) is 0 Å². The molecule has 0 bridgehead atoms. The lowest BCUT2D eigenvalue weighted by Crippen LogP contribution is -2.36. The summed E-state index contributed by atoms with van der Waals surface area (Å²) in [5, 5.41) is 3.39. The van der Waals surface area contributed by atoms with Crippen molar-refractivity contribution in [2.24, 2.45) is 11.8 Å². The third-order valence-corrected chi connectivity index (χ3v) is 6.37. The molecular formula is C25H30N4O2. The highest BCUT2D eigenvalue weighted by atomic mass is 16.2. The molecular weight excluding hydrogens is 388 g/mol. The second-order valence-corrected chi connectivity index (χ2v) is 8.77. The largest absolute Gasteiger partial charge is 0.325 e. The standard InChI is InChI=1S/C25H30N4O2/c1-18-15-28(2)14-13-20(18)10-7-19-8-11-21(12-9-19)27-24(30)16-29-17-26-23-6-4-3-5-22(23)25(29)31/h3-6,8-9,11-12,17-18,20H,7,10,13-16H2,1-2H3,(H,27,30)/t18-,20+/m0/s1. The van der Waals surface area contributed by atoms with Crippen LogP contribution >= 0.6 is 0 Å². The molecule has 1 saturated heterocycles. The minimum Gasteiger partial charge on any atom is -0.325 e. The van der Waals surface area contributed by atoms with E-state index in [1.165, 1.54) is 42.4 Å². The molecule has 0 aliphatic carbocycles. The van der Waals surface area contributed by atoms with Crippen molar-refractivity contribution in [3.8, 4) is 0 Å². The predicted octanol–water partition coefficient (Wildman–Crippen LogP) is 3.56. The predicted molar refractivity (Wildman–Crippen MR) is 124 cm³/mol. The molecule has 6 nitrogen and oxygen atoms in total.